The van der Waals surface area contributed by atoms with E-state index in [9.17, 15) is 9.18 Å². The Kier molecular flexibility index (Phi) is 5.24. The predicted octanol–water partition coefficient (Wildman–Crippen LogP) is 5.66. The van der Waals surface area contributed by atoms with Crippen LogP contribution in [0.4, 0.5) is 15.8 Å². The van der Waals surface area contributed by atoms with E-state index in [2.05, 4.69) is 17.5 Å². The summed E-state index contributed by atoms with van der Waals surface area (Å²) in [6.45, 7) is 3.63. The van der Waals surface area contributed by atoms with Gasteiger partial charge in [-0.15, -0.1) is 0 Å². The first-order valence-corrected chi connectivity index (χ1v) is 9.92. The molecule has 150 valence electrons. The third-order valence-electron chi connectivity index (χ3n) is 5.55. The number of nitriles is 1. The molecule has 1 aliphatic heterocycles. The van der Waals surface area contributed by atoms with E-state index >= 15 is 0 Å². The second-order valence-corrected chi connectivity index (χ2v) is 7.64. The summed E-state index contributed by atoms with van der Waals surface area (Å²) in [4.78, 5) is 14.2. The number of carbonyl (C=O) groups excluding carboxylic acids is 1. The van der Waals surface area contributed by atoms with Crippen LogP contribution in [-0.4, -0.2) is 11.9 Å². The molecule has 30 heavy (non-hydrogen) atoms. The van der Waals surface area contributed by atoms with Crippen molar-refractivity contribution in [1.29, 1.82) is 5.26 Å². The first kappa shape index (κ1) is 19.7. The number of fused-ring (bicyclic) bond motifs is 1. The summed E-state index contributed by atoms with van der Waals surface area (Å²) in [7, 11) is 0. The van der Waals surface area contributed by atoms with Crippen molar-refractivity contribution in [3.8, 4) is 17.2 Å². The number of hydrogen-bond donors (Lipinski definition) is 1. The third kappa shape index (κ3) is 3.77. The summed E-state index contributed by atoms with van der Waals surface area (Å²) in [6.07, 6.45) is 0.737. The summed E-state index contributed by atoms with van der Waals surface area (Å²) in [6, 6.07) is 22.0. The number of hydrogen-bond acceptors (Lipinski definition) is 3. The number of benzene rings is 3. The molecule has 0 saturated heterocycles. The minimum Gasteiger partial charge on any atom is -0.378 e. The van der Waals surface area contributed by atoms with Crippen molar-refractivity contribution in [2.75, 3.05) is 10.2 Å². The fourth-order valence-electron chi connectivity index (χ4n) is 4.14. The van der Waals surface area contributed by atoms with Crippen LogP contribution in [0.2, 0.25) is 0 Å². The van der Waals surface area contributed by atoms with Crippen molar-refractivity contribution < 1.29 is 9.18 Å². The molecule has 0 saturated carbocycles. The minimum atomic E-state index is -0.274. The van der Waals surface area contributed by atoms with Crippen LogP contribution in [0, 0.1) is 17.1 Å². The average molecular weight is 399 g/mol. The van der Waals surface area contributed by atoms with E-state index in [0.717, 1.165) is 34.5 Å². The first-order chi connectivity index (χ1) is 14.5. The van der Waals surface area contributed by atoms with Crippen LogP contribution in [0.25, 0.3) is 11.1 Å². The Labute approximate surface area is 175 Å². The number of anilines is 2. The zero-order valence-electron chi connectivity index (χ0n) is 16.9. The molecule has 0 unspecified atom stereocenters. The van der Waals surface area contributed by atoms with Crippen molar-refractivity contribution in [2.45, 2.75) is 32.4 Å². The summed E-state index contributed by atoms with van der Waals surface area (Å²) >= 11 is 0. The van der Waals surface area contributed by atoms with E-state index in [1.54, 1.807) is 31.2 Å². The maximum atomic E-state index is 13.3. The maximum Gasteiger partial charge on any atom is 0.224 e. The van der Waals surface area contributed by atoms with Crippen molar-refractivity contribution >= 4 is 17.3 Å². The van der Waals surface area contributed by atoms with E-state index in [1.165, 1.54) is 12.1 Å². The van der Waals surface area contributed by atoms with Crippen molar-refractivity contribution in [3.05, 3.63) is 83.7 Å². The number of rotatable bonds is 3. The average Bonchev–Trinajstić information content (AvgIpc) is 2.75. The lowest BCUT2D eigenvalue weighted by Crippen LogP contribution is -2.43. The third-order valence-corrected chi connectivity index (χ3v) is 5.55. The van der Waals surface area contributed by atoms with Gasteiger partial charge in [0.05, 0.1) is 17.7 Å². The fourth-order valence-corrected chi connectivity index (χ4v) is 4.14. The van der Waals surface area contributed by atoms with E-state index in [4.69, 9.17) is 5.26 Å². The molecule has 0 fully saturated rings. The molecule has 1 heterocycles. The Bertz CT molecular complexity index is 1120. The van der Waals surface area contributed by atoms with Gasteiger partial charge in [0, 0.05) is 24.3 Å². The van der Waals surface area contributed by atoms with Crippen LogP contribution in [0.1, 0.15) is 37.4 Å². The van der Waals surface area contributed by atoms with Gasteiger partial charge in [-0.3, -0.25) is 4.79 Å². The molecule has 4 nitrogen and oxygen atoms in total. The van der Waals surface area contributed by atoms with Crippen LogP contribution in [-0.2, 0) is 4.79 Å². The molecule has 5 heteroatoms. The van der Waals surface area contributed by atoms with Crippen molar-refractivity contribution in [1.82, 2.24) is 0 Å². The Morgan fingerprint density at radius 3 is 2.37 bits per heavy atom. The van der Waals surface area contributed by atoms with Gasteiger partial charge in [-0.2, -0.15) is 5.26 Å². The topological polar surface area (TPSA) is 56.1 Å². The van der Waals surface area contributed by atoms with Crippen LogP contribution < -0.4 is 10.2 Å². The van der Waals surface area contributed by atoms with Crippen LogP contribution >= 0.6 is 0 Å². The SMILES string of the molecule is CC(=O)N1c2ccc(-c3ccc(C#N)cc3)cc2[C@@H](Nc2ccc(F)cc2)C[C@H]1C. The highest BCUT2D eigenvalue weighted by molar-refractivity contribution is 5.94. The van der Waals surface area contributed by atoms with Gasteiger partial charge in [0.1, 0.15) is 5.82 Å². The van der Waals surface area contributed by atoms with Crippen LogP contribution in [0.5, 0.6) is 0 Å². The quantitative estimate of drug-likeness (QED) is 0.618. The van der Waals surface area contributed by atoms with Crippen molar-refractivity contribution in [3.63, 3.8) is 0 Å². The summed E-state index contributed by atoms with van der Waals surface area (Å²) in [5, 5.41) is 12.5. The second-order valence-electron chi connectivity index (χ2n) is 7.64. The Balaban J connectivity index is 1.76. The van der Waals surface area contributed by atoms with E-state index in [1.807, 2.05) is 36.1 Å². The standard InChI is InChI=1S/C25H22FN3O/c1-16-13-24(28-22-10-8-21(26)9-11-22)23-14-20(7-12-25(23)29(16)17(2)30)19-5-3-18(15-27)4-6-19/h3-12,14,16,24,28H,13H2,1-2H3/t16-,24+/m1/s1. The van der Waals surface area contributed by atoms with Gasteiger partial charge in [0.15, 0.2) is 0 Å². The smallest absolute Gasteiger partial charge is 0.224 e. The molecule has 0 radical (unpaired) electrons. The molecule has 3 aromatic carbocycles. The van der Waals surface area contributed by atoms with Gasteiger partial charge in [0.2, 0.25) is 5.91 Å². The van der Waals surface area contributed by atoms with E-state index < -0.39 is 0 Å². The van der Waals surface area contributed by atoms with E-state index in [-0.39, 0.29) is 23.8 Å². The normalized spacial score (nSPS) is 17.7. The van der Waals surface area contributed by atoms with Gasteiger partial charge in [-0.1, -0.05) is 18.2 Å². The lowest BCUT2D eigenvalue weighted by Gasteiger charge is -2.39. The summed E-state index contributed by atoms with van der Waals surface area (Å²) in [5.41, 5.74) is 5.38. The molecule has 1 amide bonds. The molecular weight excluding hydrogens is 377 g/mol. The van der Waals surface area contributed by atoms with Gasteiger partial charge in [0.25, 0.3) is 0 Å². The molecule has 2 atom stereocenters. The molecule has 0 spiro atoms. The lowest BCUT2D eigenvalue weighted by atomic mass is 9.88. The van der Waals surface area contributed by atoms with Crippen LogP contribution in [0.3, 0.4) is 0 Å². The molecule has 0 aliphatic carbocycles. The number of halogens is 1. The largest absolute Gasteiger partial charge is 0.378 e. The van der Waals surface area contributed by atoms with Gasteiger partial charge in [-0.05, 0) is 78.6 Å². The highest BCUT2D eigenvalue weighted by Crippen LogP contribution is 2.41. The summed E-state index contributed by atoms with van der Waals surface area (Å²) < 4.78 is 13.3. The highest BCUT2D eigenvalue weighted by Gasteiger charge is 2.32. The van der Waals surface area contributed by atoms with Gasteiger partial charge in [-0.25, -0.2) is 4.39 Å². The monoisotopic (exact) mass is 399 g/mol. The minimum absolute atomic E-state index is 0.00936. The highest BCUT2D eigenvalue weighted by atomic mass is 19.1. The lowest BCUT2D eigenvalue weighted by molar-refractivity contribution is -0.117. The second kappa shape index (κ2) is 8.00. The Morgan fingerprint density at radius 1 is 1.07 bits per heavy atom. The van der Waals surface area contributed by atoms with Gasteiger partial charge < -0.3 is 10.2 Å². The molecular formula is C25H22FN3O. The molecule has 0 bridgehead atoms. The zero-order chi connectivity index (χ0) is 21.3. The number of nitrogens with one attached hydrogen (secondary N) is 1. The Hall–Kier alpha value is -3.65. The van der Waals surface area contributed by atoms with Crippen LogP contribution in [0.15, 0.2) is 66.7 Å². The number of carbonyl (C=O) groups is 1. The molecule has 0 aromatic heterocycles. The molecule has 4 rings (SSSR count). The first-order valence-electron chi connectivity index (χ1n) is 9.92. The molecule has 1 N–H and O–H groups in total. The fraction of sp³-hybridized carbons (Fsp3) is 0.200. The Morgan fingerprint density at radius 2 is 1.73 bits per heavy atom. The number of nitrogens with zero attached hydrogens (tertiary/aromatic N) is 2. The predicted molar refractivity (Wildman–Crippen MR) is 117 cm³/mol. The van der Waals surface area contributed by atoms with Gasteiger partial charge >= 0.3 is 0 Å². The number of amides is 1. The van der Waals surface area contributed by atoms with E-state index in [0.29, 0.717) is 5.56 Å². The molecule has 1 aliphatic rings. The maximum absolute atomic E-state index is 13.3. The van der Waals surface area contributed by atoms with Crippen molar-refractivity contribution in [2.24, 2.45) is 0 Å². The molecule has 3 aromatic rings. The summed E-state index contributed by atoms with van der Waals surface area (Å²) in [5.74, 6) is -0.265. The zero-order valence-corrected chi connectivity index (χ0v) is 16.9.